The van der Waals surface area contributed by atoms with Crippen molar-refractivity contribution in [2.24, 2.45) is 0 Å². The molecular weight excluding hydrogens is 346 g/mol. The van der Waals surface area contributed by atoms with Gasteiger partial charge in [-0.15, -0.1) is 0 Å². The zero-order chi connectivity index (χ0) is 18.6. The summed E-state index contributed by atoms with van der Waals surface area (Å²) in [4.78, 5) is 13.7. The van der Waals surface area contributed by atoms with E-state index in [1.807, 2.05) is 0 Å². The molecule has 0 saturated carbocycles. The summed E-state index contributed by atoms with van der Waals surface area (Å²) >= 11 is 0. The molecule has 1 aromatic carbocycles. The Morgan fingerprint density at radius 1 is 1.16 bits per heavy atom. The van der Waals surface area contributed by atoms with E-state index in [9.17, 15) is 13.2 Å². The molecule has 25 heavy (non-hydrogen) atoms. The van der Waals surface area contributed by atoms with Crippen molar-refractivity contribution in [1.82, 2.24) is 4.90 Å². The maximum atomic E-state index is 12.1. The van der Waals surface area contributed by atoms with Crippen LogP contribution in [0.2, 0.25) is 0 Å². The summed E-state index contributed by atoms with van der Waals surface area (Å²) in [6, 6.07) is 3.46. The number of hydrogen-bond donors (Lipinski definition) is 0. The second kappa shape index (κ2) is 7.77. The largest absolute Gasteiger partial charge is 0.493 e. The Hall–Kier alpha value is -2.22. The number of methoxy groups -OCH3 is 3. The SMILES string of the molecule is CCS(=O)(=O)C1CN(C(=O)/C=C/c2cc(OC)c(OC)c(OC)c2)C1. The summed E-state index contributed by atoms with van der Waals surface area (Å²) in [5.74, 6) is 1.33. The van der Waals surface area contributed by atoms with Gasteiger partial charge in [-0.3, -0.25) is 4.79 Å². The summed E-state index contributed by atoms with van der Waals surface area (Å²) in [5.41, 5.74) is 0.709. The van der Waals surface area contributed by atoms with Gasteiger partial charge in [0.25, 0.3) is 0 Å². The van der Waals surface area contributed by atoms with E-state index in [4.69, 9.17) is 14.2 Å². The molecule has 8 heteroatoms. The lowest BCUT2D eigenvalue weighted by Gasteiger charge is -2.37. The molecule has 0 aromatic heterocycles. The van der Waals surface area contributed by atoms with Crippen LogP contribution in [0, 0.1) is 0 Å². The Morgan fingerprint density at radius 3 is 2.16 bits per heavy atom. The minimum absolute atomic E-state index is 0.0982. The average molecular weight is 369 g/mol. The van der Waals surface area contributed by atoms with E-state index in [0.29, 0.717) is 22.8 Å². The van der Waals surface area contributed by atoms with E-state index in [1.54, 1.807) is 25.1 Å². The fraction of sp³-hybridized carbons (Fsp3) is 0.471. The number of nitrogens with zero attached hydrogens (tertiary/aromatic N) is 1. The molecule has 0 aliphatic carbocycles. The number of likely N-dealkylation sites (tertiary alicyclic amines) is 1. The van der Waals surface area contributed by atoms with Crippen LogP contribution in [0.3, 0.4) is 0 Å². The molecule has 0 N–H and O–H groups in total. The molecule has 138 valence electrons. The minimum atomic E-state index is -3.09. The summed E-state index contributed by atoms with van der Waals surface area (Å²) in [5, 5.41) is -0.448. The molecule has 0 bridgehead atoms. The van der Waals surface area contributed by atoms with Gasteiger partial charge in [0.05, 0.1) is 26.6 Å². The molecule has 0 unspecified atom stereocenters. The number of hydrogen-bond acceptors (Lipinski definition) is 6. The Labute approximate surface area is 148 Å². The van der Waals surface area contributed by atoms with Gasteiger partial charge in [0, 0.05) is 24.9 Å². The number of sulfone groups is 1. The van der Waals surface area contributed by atoms with Gasteiger partial charge in [0.15, 0.2) is 21.3 Å². The van der Waals surface area contributed by atoms with Gasteiger partial charge in [-0.2, -0.15) is 0 Å². The molecule has 0 radical (unpaired) electrons. The maximum absolute atomic E-state index is 12.1. The summed E-state index contributed by atoms with van der Waals surface area (Å²) in [6.45, 7) is 2.10. The van der Waals surface area contributed by atoms with E-state index in [0.717, 1.165) is 0 Å². The number of ether oxygens (including phenoxy) is 3. The van der Waals surface area contributed by atoms with E-state index in [1.165, 1.54) is 32.3 Å². The topological polar surface area (TPSA) is 82.1 Å². The van der Waals surface area contributed by atoms with E-state index in [2.05, 4.69) is 0 Å². The van der Waals surface area contributed by atoms with Crippen molar-refractivity contribution in [3.63, 3.8) is 0 Å². The van der Waals surface area contributed by atoms with Gasteiger partial charge in [0.2, 0.25) is 11.7 Å². The lowest BCUT2D eigenvalue weighted by atomic mass is 10.1. The van der Waals surface area contributed by atoms with Crippen molar-refractivity contribution in [3.05, 3.63) is 23.8 Å². The zero-order valence-electron chi connectivity index (χ0n) is 14.8. The second-order valence-corrected chi connectivity index (χ2v) is 8.18. The Kier molecular flexibility index (Phi) is 5.94. The molecule has 1 aliphatic heterocycles. The highest BCUT2D eigenvalue weighted by atomic mass is 32.2. The molecular formula is C17H23NO6S. The van der Waals surface area contributed by atoms with Gasteiger partial charge >= 0.3 is 0 Å². The molecule has 2 rings (SSSR count). The van der Waals surface area contributed by atoms with Crippen LogP contribution in [0.1, 0.15) is 12.5 Å². The standard InChI is InChI=1S/C17H23NO6S/c1-5-25(20,21)13-10-18(11-13)16(19)7-6-12-8-14(22-2)17(24-4)15(9-12)23-3/h6-9,13H,5,10-11H2,1-4H3/b7-6+. The molecule has 1 aromatic rings. The zero-order valence-corrected chi connectivity index (χ0v) is 15.6. The first-order valence-corrected chi connectivity index (χ1v) is 9.56. The van der Waals surface area contributed by atoms with Gasteiger partial charge < -0.3 is 19.1 Å². The highest BCUT2D eigenvalue weighted by molar-refractivity contribution is 7.92. The van der Waals surface area contributed by atoms with Crippen molar-refractivity contribution in [2.75, 3.05) is 40.2 Å². The summed E-state index contributed by atoms with van der Waals surface area (Å²) in [7, 11) is 1.47. The van der Waals surface area contributed by atoms with Crippen LogP contribution in [-0.4, -0.2) is 64.6 Å². The Balaban J connectivity index is 2.08. The fourth-order valence-corrected chi connectivity index (χ4v) is 3.84. The molecule has 1 fully saturated rings. The molecule has 0 atom stereocenters. The smallest absolute Gasteiger partial charge is 0.246 e. The van der Waals surface area contributed by atoms with Crippen LogP contribution < -0.4 is 14.2 Å². The number of carbonyl (C=O) groups is 1. The van der Waals surface area contributed by atoms with Crippen molar-refractivity contribution in [2.45, 2.75) is 12.2 Å². The van der Waals surface area contributed by atoms with Crippen molar-refractivity contribution in [3.8, 4) is 17.2 Å². The minimum Gasteiger partial charge on any atom is -0.493 e. The van der Waals surface area contributed by atoms with Gasteiger partial charge in [-0.1, -0.05) is 6.92 Å². The summed E-state index contributed by atoms with van der Waals surface area (Å²) < 4.78 is 39.3. The summed E-state index contributed by atoms with van der Waals surface area (Å²) in [6.07, 6.45) is 3.05. The van der Waals surface area contributed by atoms with Crippen LogP contribution in [0.5, 0.6) is 17.2 Å². The van der Waals surface area contributed by atoms with Gasteiger partial charge in [-0.25, -0.2) is 8.42 Å². The van der Waals surface area contributed by atoms with Crippen molar-refractivity contribution >= 4 is 21.8 Å². The highest BCUT2D eigenvalue weighted by Crippen LogP contribution is 2.38. The Morgan fingerprint density at radius 2 is 1.72 bits per heavy atom. The number of rotatable bonds is 7. The van der Waals surface area contributed by atoms with Crippen LogP contribution in [0.15, 0.2) is 18.2 Å². The number of carbonyl (C=O) groups excluding carboxylic acids is 1. The first-order chi connectivity index (χ1) is 11.9. The first-order valence-electron chi connectivity index (χ1n) is 7.84. The quantitative estimate of drug-likeness (QED) is 0.675. The normalized spacial score (nSPS) is 15.1. The van der Waals surface area contributed by atoms with Crippen molar-refractivity contribution < 1.29 is 27.4 Å². The predicted octanol–water partition coefficient (Wildman–Crippen LogP) is 1.37. The van der Waals surface area contributed by atoms with Gasteiger partial charge in [-0.05, 0) is 23.8 Å². The average Bonchev–Trinajstić information content (AvgIpc) is 2.57. The third-order valence-electron chi connectivity index (χ3n) is 4.18. The lowest BCUT2D eigenvalue weighted by Crippen LogP contribution is -2.56. The van der Waals surface area contributed by atoms with Crippen LogP contribution in [0.25, 0.3) is 6.08 Å². The van der Waals surface area contributed by atoms with Gasteiger partial charge in [0.1, 0.15) is 0 Å². The fourth-order valence-electron chi connectivity index (χ4n) is 2.55. The van der Waals surface area contributed by atoms with E-state index < -0.39 is 15.1 Å². The maximum Gasteiger partial charge on any atom is 0.246 e. The van der Waals surface area contributed by atoms with Crippen molar-refractivity contribution in [1.29, 1.82) is 0 Å². The van der Waals surface area contributed by atoms with E-state index in [-0.39, 0.29) is 24.7 Å². The highest BCUT2D eigenvalue weighted by Gasteiger charge is 2.37. The van der Waals surface area contributed by atoms with E-state index >= 15 is 0 Å². The molecule has 1 amide bonds. The lowest BCUT2D eigenvalue weighted by molar-refractivity contribution is -0.128. The monoisotopic (exact) mass is 369 g/mol. The van der Waals surface area contributed by atoms with Crippen LogP contribution in [0.4, 0.5) is 0 Å². The molecule has 1 heterocycles. The number of amides is 1. The third kappa shape index (κ3) is 4.07. The molecule has 1 aliphatic rings. The Bertz CT molecular complexity index is 740. The second-order valence-electron chi connectivity index (χ2n) is 5.61. The van der Waals surface area contributed by atoms with Crippen LogP contribution >= 0.6 is 0 Å². The first kappa shape index (κ1) is 19.1. The molecule has 7 nitrogen and oxygen atoms in total. The predicted molar refractivity (Wildman–Crippen MR) is 95.0 cm³/mol. The number of benzene rings is 1. The molecule has 1 saturated heterocycles. The third-order valence-corrected chi connectivity index (χ3v) is 6.29. The van der Waals surface area contributed by atoms with Crippen LogP contribution in [-0.2, 0) is 14.6 Å². The molecule has 0 spiro atoms.